The van der Waals surface area contributed by atoms with Gasteiger partial charge < -0.3 is 19.7 Å². The van der Waals surface area contributed by atoms with E-state index in [2.05, 4.69) is 10.1 Å². The predicted octanol–water partition coefficient (Wildman–Crippen LogP) is 1.69. The SMILES string of the molecule is COC(=O)c1cc(NC(=O)C2CCC(=O)N2C)c(Cl)c(OC)c1. The molecule has 1 aliphatic rings. The van der Waals surface area contributed by atoms with Crippen LogP contribution < -0.4 is 10.1 Å². The van der Waals surface area contributed by atoms with E-state index < -0.39 is 12.0 Å². The summed E-state index contributed by atoms with van der Waals surface area (Å²) in [6.45, 7) is 0. The highest BCUT2D eigenvalue weighted by molar-refractivity contribution is 6.35. The van der Waals surface area contributed by atoms with E-state index in [9.17, 15) is 14.4 Å². The number of amides is 2. The molecule has 0 spiro atoms. The number of carbonyl (C=O) groups is 3. The molecule has 0 aromatic heterocycles. The third-order valence-corrected chi connectivity index (χ3v) is 4.12. The Balaban J connectivity index is 2.29. The van der Waals surface area contributed by atoms with E-state index in [1.807, 2.05) is 0 Å². The van der Waals surface area contributed by atoms with Crippen LogP contribution in [0.25, 0.3) is 0 Å². The molecule has 0 bridgehead atoms. The van der Waals surface area contributed by atoms with Crippen molar-refractivity contribution in [2.24, 2.45) is 0 Å². The summed E-state index contributed by atoms with van der Waals surface area (Å²) in [6.07, 6.45) is 0.764. The molecular formula is C15H17ClN2O5. The van der Waals surface area contributed by atoms with E-state index in [0.717, 1.165) is 0 Å². The highest BCUT2D eigenvalue weighted by Gasteiger charge is 2.33. The maximum Gasteiger partial charge on any atom is 0.338 e. The van der Waals surface area contributed by atoms with Crippen LogP contribution in [0.2, 0.25) is 5.02 Å². The Kier molecular flexibility index (Phi) is 5.10. The van der Waals surface area contributed by atoms with Gasteiger partial charge in [0.15, 0.2) is 0 Å². The molecule has 1 aliphatic heterocycles. The van der Waals surface area contributed by atoms with Crippen LogP contribution in [0.1, 0.15) is 23.2 Å². The van der Waals surface area contributed by atoms with Crippen LogP contribution >= 0.6 is 11.6 Å². The molecule has 1 fully saturated rings. The van der Waals surface area contributed by atoms with Gasteiger partial charge in [0.1, 0.15) is 16.8 Å². The highest BCUT2D eigenvalue weighted by atomic mass is 35.5. The number of hydrogen-bond donors (Lipinski definition) is 1. The summed E-state index contributed by atoms with van der Waals surface area (Å²) in [7, 11) is 4.23. The summed E-state index contributed by atoms with van der Waals surface area (Å²) >= 11 is 6.17. The van der Waals surface area contributed by atoms with Gasteiger partial charge in [0, 0.05) is 13.5 Å². The average Bonchev–Trinajstić information content (AvgIpc) is 2.88. The van der Waals surface area contributed by atoms with E-state index in [0.29, 0.717) is 12.8 Å². The van der Waals surface area contributed by atoms with Crippen molar-refractivity contribution >= 4 is 35.1 Å². The molecule has 124 valence electrons. The Morgan fingerprint density at radius 2 is 2.04 bits per heavy atom. The summed E-state index contributed by atoms with van der Waals surface area (Å²) < 4.78 is 9.77. The second kappa shape index (κ2) is 6.87. The smallest absolute Gasteiger partial charge is 0.338 e. The number of ether oxygens (including phenoxy) is 2. The number of carbonyl (C=O) groups excluding carboxylic acids is 3. The van der Waals surface area contributed by atoms with Crippen LogP contribution in [0.15, 0.2) is 12.1 Å². The number of methoxy groups -OCH3 is 2. The fourth-order valence-electron chi connectivity index (χ4n) is 2.40. The molecule has 7 nitrogen and oxygen atoms in total. The number of likely N-dealkylation sites (N-methyl/N-ethyl adjacent to an activating group) is 1. The standard InChI is InChI=1S/C15H17ClN2O5/c1-18-10(4-5-12(18)19)14(20)17-9-6-8(15(21)23-3)7-11(22-2)13(9)16/h6-7,10H,4-5H2,1-3H3,(H,17,20). The minimum Gasteiger partial charge on any atom is -0.495 e. The van der Waals surface area contributed by atoms with E-state index in [-0.39, 0.29) is 33.8 Å². The lowest BCUT2D eigenvalue weighted by Gasteiger charge is -2.20. The summed E-state index contributed by atoms with van der Waals surface area (Å²) in [4.78, 5) is 37.0. The molecule has 0 saturated carbocycles. The molecule has 1 aromatic rings. The number of rotatable bonds is 4. The molecule has 1 heterocycles. The Bertz CT molecular complexity index is 662. The van der Waals surface area contributed by atoms with Gasteiger partial charge in [-0.3, -0.25) is 9.59 Å². The van der Waals surface area contributed by atoms with E-state index in [4.69, 9.17) is 16.3 Å². The Morgan fingerprint density at radius 3 is 2.57 bits per heavy atom. The fraction of sp³-hybridized carbons (Fsp3) is 0.400. The number of benzene rings is 1. The van der Waals surface area contributed by atoms with Crippen LogP contribution in [-0.2, 0) is 14.3 Å². The van der Waals surface area contributed by atoms with Crippen molar-refractivity contribution in [3.63, 3.8) is 0 Å². The van der Waals surface area contributed by atoms with Crippen LogP contribution in [0.5, 0.6) is 5.75 Å². The van der Waals surface area contributed by atoms with Crippen molar-refractivity contribution < 1.29 is 23.9 Å². The summed E-state index contributed by atoms with van der Waals surface area (Å²) in [5.74, 6) is -0.800. The molecule has 2 rings (SSSR count). The zero-order valence-corrected chi connectivity index (χ0v) is 13.8. The van der Waals surface area contributed by atoms with Crippen molar-refractivity contribution in [3.05, 3.63) is 22.7 Å². The Hall–Kier alpha value is -2.28. The van der Waals surface area contributed by atoms with Crippen molar-refractivity contribution in [1.29, 1.82) is 0 Å². The minimum absolute atomic E-state index is 0.0860. The third-order valence-electron chi connectivity index (χ3n) is 3.73. The van der Waals surface area contributed by atoms with E-state index in [1.165, 1.54) is 31.3 Å². The minimum atomic E-state index is -0.580. The summed E-state index contributed by atoms with van der Waals surface area (Å²) in [5, 5.41) is 2.81. The van der Waals surface area contributed by atoms with Crippen molar-refractivity contribution in [1.82, 2.24) is 4.90 Å². The predicted molar refractivity (Wildman–Crippen MR) is 83.8 cm³/mol. The fourth-order valence-corrected chi connectivity index (χ4v) is 2.63. The molecule has 0 radical (unpaired) electrons. The van der Waals surface area contributed by atoms with Gasteiger partial charge in [-0.25, -0.2) is 4.79 Å². The van der Waals surface area contributed by atoms with Crippen molar-refractivity contribution in [2.75, 3.05) is 26.6 Å². The molecule has 1 aromatic carbocycles. The number of esters is 1. The van der Waals surface area contributed by atoms with Crippen LogP contribution in [0.3, 0.4) is 0 Å². The van der Waals surface area contributed by atoms with Crippen LogP contribution in [-0.4, -0.2) is 50.0 Å². The number of nitrogens with one attached hydrogen (secondary N) is 1. The van der Waals surface area contributed by atoms with Gasteiger partial charge in [0.25, 0.3) is 0 Å². The molecule has 0 aliphatic carbocycles. The molecule has 8 heteroatoms. The Morgan fingerprint density at radius 1 is 1.35 bits per heavy atom. The van der Waals surface area contributed by atoms with Gasteiger partial charge in [0.2, 0.25) is 11.8 Å². The number of hydrogen-bond acceptors (Lipinski definition) is 5. The topological polar surface area (TPSA) is 84.9 Å². The molecular weight excluding hydrogens is 324 g/mol. The second-order valence-corrected chi connectivity index (χ2v) is 5.46. The first-order valence-corrected chi connectivity index (χ1v) is 7.29. The zero-order valence-electron chi connectivity index (χ0n) is 13.0. The first-order chi connectivity index (χ1) is 10.9. The van der Waals surface area contributed by atoms with Gasteiger partial charge >= 0.3 is 5.97 Å². The van der Waals surface area contributed by atoms with E-state index in [1.54, 1.807) is 7.05 Å². The van der Waals surface area contributed by atoms with Gasteiger partial charge in [0.05, 0.1) is 25.5 Å². The van der Waals surface area contributed by atoms with Gasteiger partial charge in [-0.15, -0.1) is 0 Å². The highest BCUT2D eigenvalue weighted by Crippen LogP contribution is 2.34. The quantitative estimate of drug-likeness (QED) is 0.843. The summed E-state index contributed by atoms with van der Waals surface area (Å²) in [6, 6.07) is 2.27. The maximum absolute atomic E-state index is 12.4. The number of likely N-dealkylation sites (tertiary alicyclic amines) is 1. The second-order valence-electron chi connectivity index (χ2n) is 5.08. The normalized spacial score (nSPS) is 17.1. The monoisotopic (exact) mass is 340 g/mol. The van der Waals surface area contributed by atoms with Crippen LogP contribution in [0.4, 0.5) is 5.69 Å². The van der Waals surface area contributed by atoms with Crippen molar-refractivity contribution in [2.45, 2.75) is 18.9 Å². The third kappa shape index (κ3) is 3.39. The number of anilines is 1. The van der Waals surface area contributed by atoms with Gasteiger partial charge in [-0.2, -0.15) is 0 Å². The van der Waals surface area contributed by atoms with Gasteiger partial charge in [-0.1, -0.05) is 11.6 Å². The van der Waals surface area contributed by atoms with Crippen molar-refractivity contribution in [3.8, 4) is 5.75 Å². The number of nitrogens with zero attached hydrogens (tertiary/aromatic N) is 1. The number of halogens is 1. The summed E-state index contributed by atoms with van der Waals surface area (Å²) in [5.41, 5.74) is 0.420. The maximum atomic E-state index is 12.4. The first kappa shape index (κ1) is 17.1. The molecule has 1 N–H and O–H groups in total. The van der Waals surface area contributed by atoms with Crippen LogP contribution in [0, 0.1) is 0 Å². The largest absolute Gasteiger partial charge is 0.495 e. The lowest BCUT2D eigenvalue weighted by atomic mass is 10.1. The lowest BCUT2D eigenvalue weighted by Crippen LogP contribution is -2.39. The molecule has 23 heavy (non-hydrogen) atoms. The van der Waals surface area contributed by atoms with Gasteiger partial charge in [-0.05, 0) is 18.6 Å². The average molecular weight is 341 g/mol. The molecule has 2 amide bonds. The molecule has 1 saturated heterocycles. The van der Waals surface area contributed by atoms with E-state index >= 15 is 0 Å². The zero-order chi connectivity index (χ0) is 17.1. The Labute approximate surface area is 138 Å². The lowest BCUT2D eigenvalue weighted by molar-refractivity contribution is -0.131. The first-order valence-electron chi connectivity index (χ1n) is 6.91. The molecule has 1 unspecified atom stereocenters. The molecule has 1 atom stereocenters.